The summed E-state index contributed by atoms with van der Waals surface area (Å²) in [5.41, 5.74) is 0.842. The third-order valence-electron chi connectivity index (χ3n) is 5.18. The highest BCUT2D eigenvalue weighted by atomic mass is 16.5. The summed E-state index contributed by atoms with van der Waals surface area (Å²) < 4.78 is 16.1. The maximum absolute atomic E-state index is 13.1. The van der Waals surface area contributed by atoms with E-state index in [1.54, 1.807) is 61.5 Å². The second kappa shape index (κ2) is 8.58. The van der Waals surface area contributed by atoms with Crippen molar-refractivity contribution in [2.45, 2.75) is 19.9 Å². The number of benzene rings is 2. The molecule has 1 aromatic heterocycles. The van der Waals surface area contributed by atoms with E-state index in [9.17, 15) is 14.7 Å². The first-order valence-electron chi connectivity index (χ1n) is 10.1. The van der Waals surface area contributed by atoms with E-state index < -0.39 is 17.7 Å². The van der Waals surface area contributed by atoms with Crippen molar-refractivity contribution in [3.63, 3.8) is 0 Å². The van der Waals surface area contributed by atoms with Gasteiger partial charge in [0.05, 0.1) is 19.3 Å². The standard InChI is InChI=1S/C24H22N2O6/c1-4-31-16-11-9-15(10-12-16)22(27)20-21(17-7-5-6-8-18(17)30-3)26(24(29)23(20)28)19-13-14(2)32-25-19/h5-13,21,27H,4H2,1-3H3/t21-/m0/s1. The Morgan fingerprint density at radius 3 is 2.50 bits per heavy atom. The van der Waals surface area contributed by atoms with Crippen molar-refractivity contribution < 1.29 is 28.7 Å². The number of aromatic nitrogens is 1. The number of methoxy groups -OCH3 is 1. The average Bonchev–Trinajstić information content (AvgIpc) is 3.34. The largest absolute Gasteiger partial charge is 0.507 e. The Kier molecular flexibility index (Phi) is 5.68. The highest BCUT2D eigenvalue weighted by Gasteiger charge is 2.49. The Balaban J connectivity index is 1.91. The summed E-state index contributed by atoms with van der Waals surface area (Å²) in [5, 5.41) is 15.1. The number of aliphatic hydroxyl groups excluding tert-OH is 1. The molecular formula is C24H22N2O6. The number of amides is 1. The molecule has 0 radical (unpaired) electrons. The monoisotopic (exact) mass is 434 g/mol. The van der Waals surface area contributed by atoms with Gasteiger partial charge in [-0.15, -0.1) is 0 Å². The minimum atomic E-state index is -0.956. The van der Waals surface area contributed by atoms with Gasteiger partial charge < -0.3 is 19.1 Å². The van der Waals surface area contributed by atoms with Crippen molar-refractivity contribution >= 4 is 23.3 Å². The van der Waals surface area contributed by atoms with Gasteiger partial charge in [0.1, 0.15) is 29.1 Å². The van der Waals surface area contributed by atoms with Gasteiger partial charge >= 0.3 is 5.91 Å². The Bertz CT molecular complexity index is 1200. The van der Waals surface area contributed by atoms with Crippen LogP contribution in [0.2, 0.25) is 0 Å². The predicted molar refractivity (Wildman–Crippen MR) is 117 cm³/mol. The lowest BCUT2D eigenvalue weighted by molar-refractivity contribution is -0.132. The number of hydrogen-bond acceptors (Lipinski definition) is 7. The first-order chi connectivity index (χ1) is 15.5. The van der Waals surface area contributed by atoms with Crippen molar-refractivity contribution in [1.29, 1.82) is 0 Å². The molecule has 0 aliphatic carbocycles. The molecule has 0 unspecified atom stereocenters. The molecule has 1 aliphatic heterocycles. The van der Waals surface area contributed by atoms with Gasteiger partial charge in [0.25, 0.3) is 5.78 Å². The van der Waals surface area contributed by atoms with Crippen LogP contribution in [0.3, 0.4) is 0 Å². The van der Waals surface area contributed by atoms with Crippen LogP contribution in [0, 0.1) is 6.92 Å². The summed E-state index contributed by atoms with van der Waals surface area (Å²) in [6.45, 7) is 4.06. The molecule has 1 atom stereocenters. The topological polar surface area (TPSA) is 102 Å². The molecule has 8 heteroatoms. The van der Waals surface area contributed by atoms with E-state index in [0.717, 1.165) is 0 Å². The number of carbonyl (C=O) groups is 2. The van der Waals surface area contributed by atoms with Crippen LogP contribution in [0.15, 0.2) is 64.7 Å². The van der Waals surface area contributed by atoms with E-state index in [4.69, 9.17) is 14.0 Å². The molecule has 0 spiro atoms. The fraction of sp³-hybridized carbons (Fsp3) is 0.208. The van der Waals surface area contributed by atoms with Crippen molar-refractivity contribution in [2.24, 2.45) is 0 Å². The summed E-state index contributed by atoms with van der Waals surface area (Å²) in [6, 6.07) is 14.2. The molecule has 8 nitrogen and oxygen atoms in total. The number of carbonyl (C=O) groups excluding carboxylic acids is 2. The fourth-order valence-electron chi connectivity index (χ4n) is 3.75. The van der Waals surface area contributed by atoms with E-state index in [1.165, 1.54) is 12.0 Å². The quantitative estimate of drug-likeness (QED) is 0.355. The van der Waals surface area contributed by atoms with E-state index in [1.807, 2.05) is 6.92 Å². The van der Waals surface area contributed by atoms with Gasteiger partial charge in [-0.1, -0.05) is 23.4 Å². The van der Waals surface area contributed by atoms with Crippen LogP contribution < -0.4 is 14.4 Å². The number of hydrogen-bond donors (Lipinski definition) is 1. The highest BCUT2D eigenvalue weighted by Crippen LogP contribution is 2.44. The molecule has 164 valence electrons. The first kappa shape index (κ1) is 21.2. The van der Waals surface area contributed by atoms with Crippen LogP contribution in [0.4, 0.5) is 5.82 Å². The van der Waals surface area contributed by atoms with Crippen molar-refractivity contribution in [1.82, 2.24) is 5.16 Å². The molecule has 1 aliphatic rings. The molecule has 2 heterocycles. The van der Waals surface area contributed by atoms with Gasteiger partial charge in [-0.2, -0.15) is 0 Å². The number of Topliss-reactive ketones (excluding diaryl/α,β-unsaturated/α-hetero) is 1. The summed E-state index contributed by atoms with van der Waals surface area (Å²) in [5.74, 6) is -0.204. The lowest BCUT2D eigenvalue weighted by Crippen LogP contribution is -2.29. The molecule has 2 aromatic carbocycles. The Morgan fingerprint density at radius 1 is 1.16 bits per heavy atom. The van der Waals surface area contributed by atoms with Gasteiger partial charge in [0.15, 0.2) is 5.82 Å². The number of nitrogens with zero attached hydrogens (tertiary/aromatic N) is 2. The molecule has 1 amide bonds. The van der Waals surface area contributed by atoms with Gasteiger partial charge in [-0.05, 0) is 44.2 Å². The number of rotatable bonds is 6. The van der Waals surface area contributed by atoms with E-state index in [-0.39, 0.29) is 17.2 Å². The molecule has 1 saturated heterocycles. The zero-order chi connectivity index (χ0) is 22.8. The average molecular weight is 434 g/mol. The zero-order valence-electron chi connectivity index (χ0n) is 17.9. The third kappa shape index (κ3) is 3.60. The zero-order valence-corrected chi connectivity index (χ0v) is 17.9. The number of aliphatic hydroxyl groups is 1. The second-order valence-corrected chi connectivity index (χ2v) is 7.16. The highest BCUT2D eigenvalue weighted by molar-refractivity contribution is 6.51. The maximum atomic E-state index is 13.1. The molecule has 3 aromatic rings. The lowest BCUT2D eigenvalue weighted by atomic mass is 9.94. The smallest absolute Gasteiger partial charge is 0.301 e. The van der Waals surface area contributed by atoms with E-state index >= 15 is 0 Å². The number of aryl methyl sites for hydroxylation is 1. The number of para-hydroxylation sites is 1. The van der Waals surface area contributed by atoms with Crippen LogP contribution in [0.25, 0.3) is 5.76 Å². The van der Waals surface area contributed by atoms with Crippen molar-refractivity contribution in [3.05, 3.63) is 77.1 Å². The molecule has 0 saturated carbocycles. The second-order valence-electron chi connectivity index (χ2n) is 7.16. The molecule has 32 heavy (non-hydrogen) atoms. The minimum Gasteiger partial charge on any atom is -0.507 e. The van der Waals surface area contributed by atoms with E-state index in [0.29, 0.717) is 35.0 Å². The number of anilines is 1. The van der Waals surface area contributed by atoms with Crippen LogP contribution in [-0.4, -0.2) is 35.7 Å². The predicted octanol–water partition coefficient (Wildman–Crippen LogP) is 4.02. The number of ether oxygens (including phenoxy) is 2. The van der Waals surface area contributed by atoms with E-state index in [2.05, 4.69) is 5.16 Å². The van der Waals surface area contributed by atoms with Crippen LogP contribution in [-0.2, 0) is 9.59 Å². The van der Waals surface area contributed by atoms with Crippen LogP contribution >= 0.6 is 0 Å². The van der Waals surface area contributed by atoms with Gasteiger partial charge in [-0.3, -0.25) is 14.5 Å². The summed E-state index contributed by atoms with van der Waals surface area (Å²) >= 11 is 0. The van der Waals surface area contributed by atoms with Gasteiger partial charge in [0.2, 0.25) is 0 Å². The van der Waals surface area contributed by atoms with Crippen LogP contribution in [0.1, 0.15) is 29.9 Å². The number of ketones is 1. The van der Waals surface area contributed by atoms with Crippen molar-refractivity contribution in [3.8, 4) is 11.5 Å². The Labute approximate surface area is 184 Å². The van der Waals surface area contributed by atoms with Gasteiger partial charge in [0, 0.05) is 17.2 Å². The minimum absolute atomic E-state index is 0.0655. The molecule has 1 fully saturated rings. The Morgan fingerprint density at radius 2 is 1.88 bits per heavy atom. The van der Waals surface area contributed by atoms with Crippen molar-refractivity contribution in [2.75, 3.05) is 18.6 Å². The molecule has 0 bridgehead atoms. The summed E-state index contributed by atoms with van der Waals surface area (Å²) in [7, 11) is 1.50. The molecule has 4 rings (SSSR count). The molecular weight excluding hydrogens is 412 g/mol. The normalized spacial score (nSPS) is 17.6. The lowest BCUT2D eigenvalue weighted by Gasteiger charge is -2.24. The van der Waals surface area contributed by atoms with Gasteiger partial charge in [-0.25, -0.2) is 0 Å². The Hall–Kier alpha value is -4.07. The first-order valence-corrected chi connectivity index (χ1v) is 10.1. The SMILES string of the molecule is CCOc1ccc(C(O)=C2C(=O)C(=O)N(c3cc(C)on3)[C@H]2c2ccccc2OC)cc1. The third-order valence-corrected chi connectivity index (χ3v) is 5.18. The maximum Gasteiger partial charge on any atom is 0.301 e. The summed E-state index contributed by atoms with van der Waals surface area (Å²) in [6.07, 6.45) is 0. The molecule has 1 N–H and O–H groups in total. The van der Waals surface area contributed by atoms with Crippen LogP contribution in [0.5, 0.6) is 11.5 Å². The fourth-order valence-corrected chi connectivity index (χ4v) is 3.75. The summed E-state index contributed by atoms with van der Waals surface area (Å²) in [4.78, 5) is 27.4.